The number of ether oxygens (including phenoxy) is 1. The van der Waals surface area contributed by atoms with Crippen LogP contribution >= 0.6 is 23.2 Å². The van der Waals surface area contributed by atoms with Gasteiger partial charge in [-0.05, 0) is 69.0 Å². The molecule has 2 atom stereocenters. The van der Waals surface area contributed by atoms with Crippen LogP contribution in [-0.2, 0) is 9.53 Å². The number of methoxy groups -OCH3 is 1. The van der Waals surface area contributed by atoms with E-state index in [2.05, 4.69) is 22.2 Å². The number of nitrogens with one attached hydrogen (secondary N) is 2. The van der Waals surface area contributed by atoms with Crippen LogP contribution < -0.4 is 5.32 Å². The molecule has 0 spiro atoms. The number of hydrogen-bond acceptors (Lipinski definition) is 3. The Labute approximate surface area is 187 Å². The molecule has 2 saturated heterocycles. The topological polar surface area (TPSA) is 57.4 Å². The first kappa shape index (κ1) is 21.3. The second-order valence-corrected chi connectivity index (χ2v) is 9.08. The summed E-state index contributed by atoms with van der Waals surface area (Å²) < 4.78 is 5.30. The maximum Gasteiger partial charge on any atom is 0.286 e. The second kappa shape index (κ2) is 9.04. The largest absolute Gasteiger partial charge is 0.491 e. The molecule has 30 heavy (non-hydrogen) atoms. The molecule has 4 rings (SSSR count). The van der Waals surface area contributed by atoms with Crippen LogP contribution in [0.1, 0.15) is 31.4 Å². The molecule has 2 fully saturated rings. The van der Waals surface area contributed by atoms with Gasteiger partial charge in [-0.25, -0.2) is 0 Å². The lowest BCUT2D eigenvalue weighted by atomic mass is 9.91. The van der Waals surface area contributed by atoms with Crippen molar-refractivity contribution in [3.8, 4) is 0 Å². The normalized spacial score (nSPS) is 24.7. The molecule has 160 valence electrons. The van der Waals surface area contributed by atoms with Crippen molar-refractivity contribution < 1.29 is 9.53 Å². The number of amides is 1. The molecular formula is C23H27Cl2N3O2. The Hall–Kier alpha value is -1.95. The Balaban J connectivity index is 1.35. The van der Waals surface area contributed by atoms with Crippen molar-refractivity contribution in [2.45, 2.75) is 37.8 Å². The standard InChI is InChI=1S/C23H27Cl2N3O2/c1-28-17-6-7-18(28)9-14(8-17)13-26-23(29)22(30-2)5-3-4-16-10-15-11-19(24)20(25)12-21(15)27-16/h3-5,10-12,14,17-18,27H,6-9,13H2,1-2H3,(H,26,29). The number of hydrogen-bond donors (Lipinski definition) is 2. The van der Waals surface area contributed by atoms with E-state index in [0.717, 1.165) is 29.4 Å². The fraction of sp³-hybridized carbons (Fsp3) is 0.435. The monoisotopic (exact) mass is 447 g/mol. The van der Waals surface area contributed by atoms with Gasteiger partial charge in [0, 0.05) is 35.2 Å². The first-order valence-electron chi connectivity index (χ1n) is 10.3. The molecule has 0 radical (unpaired) electrons. The lowest BCUT2D eigenvalue weighted by Crippen LogP contribution is -2.43. The number of benzene rings is 1. The van der Waals surface area contributed by atoms with E-state index in [1.54, 1.807) is 18.2 Å². The summed E-state index contributed by atoms with van der Waals surface area (Å²) in [6.45, 7) is 0.702. The minimum atomic E-state index is -0.177. The number of aromatic nitrogens is 1. The number of fused-ring (bicyclic) bond motifs is 3. The molecule has 2 aliphatic rings. The average Bonchev–Trinajstić information content (AvgIpc) is 3.17. The van der Waals surface area contributed by atoms with Crippen molar-refractivity contribution in [3.05, 3.63) is 51.8 Å². The van der Waals surface area contributed by atoms with Crippen molar-refractivity contribution in [3.63, 3.8) is 0 Å². The van der Waals surface area contributed by atoms with Crippen molar-refractivity contribution in [2.75, 3.05) is 20.7 Å². The zero-order valence-corrected chi connectivity index (χ0v) is 18.8. The number of H-pyrrole nitrogens is 1. The van der Waals surface area contributed by atoms with Gasteiger partial charge >= 0.3 is 0 Å². The van der Waals surface area contributed by atoms with Gasteiger partial charge in [0.2, 0.25) is 0 Å². The fourth-order valence-corrected chi connectivity index (χ4v) is 5.07. The molecule has 2 aliphatic heterocycles. The molecule has 3 heterocycles. The van der Waals surface area contributed by atoms with E-state index >= 15 is 0 Å². The number of allylic oxidation sites excluding steroid dienone is 2. The lowest BCUT2D eigenvalue weighted by molar-refractivity contribution is -0.120. The quantitative estimate of drug-likeness (QED) is 0.371. The summed E-state index contributed by atoms with van der Waals surface area (Å²) in [5.74, 6) is 0.661. The van der Waals surface area contributed by atoms with Crippen LogP contribution in [0, 0.1) is 5.92 Å². The summed E-state index contributed by atoms with van der Waals surface area (Å²) in [6.07, 6.45) is 10.2. The van der Waals surface area contributed by atoms with Crippen LogP contribution in [0.15, 0.2) is 36.1 Å². The van der Waals surface area contributed by atoms with Gasteiger partial charge in [0.25, 0.3) is 5.91 Å². The number of aromatic amines is 1. The van der Waals surface area contributed by atoms with Crippen molar-refractivity contribution in [2.24, 2.45) is 5.92 Å². The zero-order valence-electron chi connectivity index (χ0n) is 17.3. The van der Waals surface area contributed by atoms with Crippen molar-refractivity contribution in [1.29, 1.82) is 0 Å². The predicted octanol–water partition coefficient (Wildman–Crippen LogP) is 5.01. The molecule has 1 aromatic carbocycles. The van der Waals surface area contributed by atoms with Crippen molar-refractivity contribution in [1.82, 2.24) is 15.2 Å². The Kier molecular flexibility index (Phi) is 6.42. The Morgan fingerprint density at radius 3 is 2.63 bits per heavy atom. The van der Waals surface area contributed by atoms with E-state index in [1.807, 2.05) is 18.2 Å². The van der Waals surface area contributed by atoms with Crippen LogP contribution in [0.4, 0.5) is 0 Å². The maximum atomic E-state index is 12.5. The fourth-order valence-electron chi connectivity index (χ4n) is 4.73. The average molecular weight is 448 g/mol. The molecule has 2 N–H and O–H groups in total. The van der Waals surface area contributed by atoms with E-state index in [1.165, 1.54) is 20.0 Å². The van der Waals surface area contributed by atoms with Crippen LogP contribution in [0.5, 0.6) is 0 Å². The molecule has 0 saturated carbocycles. The van der Waals surface area contributed by atoms with E-state index < -0.39 is 0 Å². The highest BCUT2D eigenvalue weighted by molar-refractivity contribution is 6.42. The Morgan fingerprint density at radius 1 is 1.23 bits per heavy atom. The predicted molar refractivity (Wildman–Crippen MR) is 123 cm³/mol. The third-order valence-corrected chi connectivity index (χ3v) is 7.12. The van der Waals surface area contributed by atoms with Crippen LogP contribution in [0.2, 0.25) is 10.0 Å². The first-order chi connectivity index (χ1) is 14.4. The molecule has 2 unspecified atom stereocenters. The Morgan fingerprint density at radius 2 is 1.93 bits per heavy atom. The summed E-state index contributed by atoms with van der Waals surface area (Å²) in [5, 5.41) is 5.06. The highest BCUT2D eigenvalue weighted by atomic mass is 35.5. The molecule has 2 bridgehead atoms. The SMILES string of the molecule is COC(=CC=Cc1cc2cc(Cl)c(Cl)cc2[nH]1)C(=O)NCC1CC2CCC(C1)N2C. The highest BCUT2D eigenvalue weighted by Crippen LogP contribution is 2.37. The number of piperidine rings is 1. The van der Waals surface area contributed by atoms with Gasteiger partial charge < -0.3 is 19.9 Å². The summed E-state index contributed by atoms with van der Waals surface area (Å²) in [6, 6.07) is 6.95. The minimum absolute atomic E-state index is 0.177. The number of nitrogens with zero attached hydrogens (tertiary/aromatic N) is 1. The van der Waals surface area contributed by atoms with Crippen molar-refractivity contribution >= 4 is 46.1 Å². The smallest absolute Gasteiger partial charge is 0.286 e. The van der Waals surface area contributed by atoms with Gasteiger partial charge in [-0.3, -0.25) is 4.79 Å². The summed E-state index contributed by atoms with van der Waals surface area (Å²) in [5.41, 5.74) is 1.79. The van der Waals surface area contributed by atoms with Gasteiger partial charge in [-0.1, -0.05) is 29.3 Å². The van der Waals surface area contributed by atoms with E-state index in [0.29, 0.717) is 40.4 Å². The van der Waals surface area contributed by atoms with Crippen LogP contribution in [0.3, 0.4) is 0 Å². The Bertz CT molecular complexity index is 945. The summed E-state index contributed by atoms with van der Waals surface area (Å²) >= 11 is 12.1. The maximum absolute atomic E-state index is 12.5. The lowest BCUT2D eigenvalue weighted by Gasteiger charge is -2.36. The van der Waals surface area contributed by atoms with Gasteiger partial charge in [-0.2, -0.15) is 0 Å². The number of rotatable bonds is 6. The van der Waals surface area contributed by atoms with Crippen LogP contribution in [-0.4, -0.2) is 48.6 Å². The van der Waals surface area contributed by atoms with Gasteiger partial charge in [-0.15, -0.1) is 0 Å². The minimum Gasteiger partial charge on any atom is -0.491 e. The highest BCUT2D eigenvalue weighted by Gasteiger charge is 2.38. The van der Waals surface area contributed by atoms with Crippen LogP contribution in [0.25, 0.3) is 17.0 Å². The van der Waals surface area contributed by atoms with E-state index in [4.69, 9.17) is 27.9 Å². The van der Waals surface area contributed by atoms with E-state index in [9.17, 15) is 4.79 Å². The van der Waals surface area contributed by atoms with E-state index in [-0.39, 0.29) is 5.91 Å². The third-order valence-electron chi connectivity index (χ3n) is 6.40. The third kappa shape index (κ3) is 4.53. The molecule has 1 aromatic heterocycles. The molecule has 1 amide bonds. The first-order valence-corrected chi connectivity index (χ1v) is 11.1. The number of carbonyl (C=O) groups excluding carboxylic acids is 1. The number of halogens is 2. The molecule has 5 nitrogen and oxygen atoms in total. The second-order valence-electron chi connectivity index (χ2n) is 8.27. The van der Waals surface area contributed by atoms with Gasteiger partial charge in [0.1, 0.15) is 0 Å². The number of carbonyl (C=O) groups is 1. The summed E-state index contributed by atoms with van der Waals surface area (Å²) in [7, 11) is 3.74. The molecule has 2 aromatic rings. The molecule has 0 aliphatic carbocycles. The van der Waals surface area contributed by atoms with Gasteiger partial charge in [0.05, 0.1) is 17.2 Å². The molecule has 7 heteroatoms. The summed E-state index contributed by atoms with van der Waals surface area (Å²) in [4.78, 5) is 18.3. The zero-order chi connectivity index (χ0) is 21.3. The molecular weight excluding hydrogens is 421 g/mol. The van der Waals surface area contributed by atoms with Gasteiger partial charge in [0.15, 0.2) is 5.76 Å².